The maximum atomic E-state index is 12.8. The number of nitrogens with zero attached hydrogens (tertiary/aromatic N) is 4. The van der Waals surface area contributed by atoms with Crippen molar-refractivity contribution >= 4 is 47.2 Å². The number of H-pyrrole nitrogens is 1. The van der Waals surface area contributed by atoms with Crippen LogP contribution < -0.4 is 5.32 Å². The number of allylic oxidation sites excluding steroid dienone is 1. The molecule has 3 amide bonds. The molecule has 13 heteroatoms. The zero-order valence-corrected chi connectivity index (χ0v) is 21.9. The van der Waals surface area contributed by atoms with Gasteiger partial charge in [-0.25, -0.2) is 9.78 Å². The molecular formula is C25H26N6O5S2. The molecule has 198 valence electrons. The Labute approximate surface area is 227 Å². The smallest absolute Gasteiger partial charge is 0.352 e. The average molecular weight is 555 g/mol. The Balaban J connectivity index is 0.000000529. The lowest BCUT2D eigenvalue weighted by Gasteiger charge is -2.49. The number of aromatic amines is 1. The largest absolute Gasteiger partial charge is 0.477 e. The van der Waals surface area contributed by atoms with Crippen molar-refractivity contribution in [2.75, 3.05) is 18.1 Å². The Bertz CT molecular complexity index is 1260. The molecule has 0 unspecified atom stereocenters. The number of carboxylic acids is 1. The summed E-state index contributed by atoms with van der Waals surface area (Å²) < 4.78 is 0. The van der Waals surface area contributed by atoms with Gasteiger partial charge in [-0.2, -0.15) is 0 Å². The second-order valence-corrected chi connectivity index (χ2v) is 11.2. The number of aliphatic carboxylic acids is 1. The summed E-state index contributed by atoms with van der Waals surface area (Å²) >= 11 is 2.73. The standard InChI is InChI=1S/C22H22N4O5S2.C3H4N2/c27-16(11-32-15-3-6-23-7-4-15)24-17-20(29)26-18(22(30)31)13(10-33-21(17)26)9-12-5-8-25(19(12)28)14-1-2-14;1-2-5-3-4-1/h3-4,6-7,9,14,17,21H,1-2,5,8,10-11H2,(H,24,27)(H,30,31);1-3H,(H,4,5)/b12-9+;/t17-,21-;/m1./s1. The molecule has 0 spiro atoms. The van der Waals surface area contributed by atoms with E-state index in [2.05, 4.69) is 20.3 Å². The minimum absolute atomic E-state index is 0.0337. The van der Waals surface area contributed by atoms with Crippen LogP contribution in [0.5, 0.6) is 0 Å². The number of fused-ring (bicyclic) bond motifs is 1. The van der Waals surface area contributed by atoms with Crippen molar-refractivity contribution in [1.29, 1.82) is 0 Å². The lowest BCUT2D eigenvalue weighted by atomic mass is 10.0. The highest BCUT2D eigenvalue weighted by Gasteiger charge is 2.54. The third-order valence-corrected chi connectivity index (χ3v) is 8.75. The van der Waals surface area contributed by atoms with Crippen LogP contribution in [-0.4, -0.2) is 89.1 Å². The number of carbonyl (C=O) groups excluding carboxylic acids is 3. The zero-order chi connectivity index (χ0) is 26.6. The van der Waals surface area contributed by atoms with E-state index in [0.29, 0.717) is 35.9 Å². The van der Waals surface area contributed by atoms with Crippen molar-refractivity contribution in [1.82, 2.24) is 30.1 Å². The number of rotatable bonds is 7. The number of imidazole rings is 1. The molecule has 3 N–H and O–H groups in total. The molecule has 3 aliphatic heterocycles. The van der Waals surface area contributed by atoms with E-state index in [1.165, 1.54) is 28.4 Å². The SMILES string of the molecule is O=C(CSc1ccncc1)N[C@@H]1C(=O)N2C(C(=O)O)=C(/C=C3\CCN(C4CC4)C3=O)CS[C@H]12.c1c[nH]cn1. The molecule has 0 aromatic carbocycles. The highest BCUT2D eigenvalue weighted by atomic mass is 32.2. The van der Waals surface area contributed by atoms with Gasteiger partial charge in [-0.15, -0.1) is 23.5 Å². The minimum atomic E-state index is -1.21. The van der Waals surface area contributed by atoms with Gasteiger partial charge in [0.25, 0.3) is 5.91 Å². The summed E-state index contributed by atoms with van der Waals surface area (Å²) in [6, 6.07) is 3.15. The van der Waals surface area contributed by atoms with Crippen LogP contribution in [0.4, 0.5) is 0 Å². The van der Waals surface area contributed by atoms with E-state index in [4.69, 9.17) is 0 Å². The maximum absolute atomic E-state index is 12.8. The molecule has 2 aromatic heterocycles. The fourth-order valence-electron chi connectivity index (χ4n) is 4.48. The molecule has 0 radical (unpaired) electrons. The average Bonchev–Trinajstić information content (AvgIpc) is 3.42. The second-order valence-electron chi connectivity index (χ2n) is 9.02. The molecule has 1 saturated carbocycles. The molecule has 2 atom stereocenters. The van der Waals surface area contributed by atoms with E-state index in [9.17, 15) is 24.3 Å². The molecule has 4 aliphatic rings. The van der Waals surface area contributed by atoms with Gasteiger partial charge in [0.1, 0.15) is 17.1 Å². The summed E-state index contributed by atoms with van der Waals surface area (Å²) in [6.45, 7) is 0.662. The summed E-state index contributed by atoms with van der Waals surface area (Å²) in [5.41, 5.74) is 0.974. The number of amides is 3. The number of β-lactam (4-membered cyclic amide) rings is 1. The number of hydrogen-bond acceptors (Lipinski definition) is 8. The molecule has 3 fully saturated rings. The van der Waals surface area contributed by atoms with Gasteiger partial charge in [-0.1, -0.05) is 0 Å². The van der Waals surface area contributed by atoms with Gasteiger partial charge in [-0.3, -0.25) is 24.3 Å². The van der Waals surface area contributed by atoms with Crippen LogP contribution >= 0.6 is 23.5 Å². The van der Waals surface area contributed by atoms with Gasteiger partial charge in [-0.05, 0) is 43.0 Å². The first-order valence-corrected chi connectivity index (χ1v) is 14.1. The number of pyridine rings is 1. The summed E-state index contributed by atoms with van der Waals surface area (Å²) in [5, 5.41) is 12.1. The van der Waals surface area contributed by atoms with Crippen molar-refractivity contribution < 1.29 is 24.3 Å². The van der Waals surface area contributed by atoms with Gasteiger partial charge in [0.05, 0.1) is 12.1 Å². The lowest BCUT2D eigenvalue weighted by molar-refractivity contribution is -0.150. The number of nitrogens with one attached hydrogen (secondary N) is 2. The molecule has 2 saturated heterocycles. The Kier molecular flexibility index (Phi) is 7.84. The summed E-state index contributed by atoms with van der Waals surface area (Å²) in [5.74, 6) is -1.48. The fourth-order valence-corrected chi connectivity index (χ4v) is 6.48. The lowest BCUT2D eigenvalue weighted by Crippen LogP contribution is -2.70. The molecule has 1 aliphatic carbocycles. The van der Waals surface area contributed by atoms with Crippen LogP contribution in [0, 0.1) is 0 Å². The van der Waals surface area contributed by atoms with Gasteiger partial charge in [0.2, 0.25) is 11.8 Å². The third-order valence-electron chi connectivity index (χ3n) is 6.44. The van der Waals surface area contributed by atoms with Crippen LogP contribution in [-0.2, 0) is 19.2 Å². The highest BCUT2D eigenvalue weighted by molar-refractivity contribution is 8.00. The van der Waals surface area contributed by atoms with E-state index >= 15 is 0 Å². The van der Waals surface area contributed by atoms with Crippen LogP contribution in [0.3, 0.4) is 0 Å². The Morgan fingerprint density at radius 1 is 1.21 bits per heavy atom. The van der Waals surface area contributed by atoms with E-state index in [1.54, 1.807) is 49.3 Å². The highest BCUT2D eigenvalue weighted by Crippen LogP contribution is 2.41. The van der Waals surface area contributed by atoms with Crippen molar-refractivity contribution in [2.45, 2.75) is 41.6 Å². The van der Waals surface area contributed by atoms with Gasteiger partial charge < -0.3 is 20.3 Å². The quantitative estimate of drug-likeness (QED) is 0.264. The molecule has 5 heterocycles. The molecular weight excluding hydrogens is 528 g/mol. The fraction of sp³-hybridized carbons (Fsp3) is 0.360. The molecule has 2 aromatic rings. The normalized spacial score (nSPS) is 23.5. The number of hydrogen-bond donors (Lipinski definition) is 3. The van der Waals surface area contributed by atoms with Crippen molar-refractivity contribution in [3.8, 4) is 0 Å². The maximum Gasteiger partial charge on any atom is 0.352 e. The zero-order valence-electron chi connectivity index (χ0n) is 20.3. The van der Waals surface area contributed by atoms with Crippen molar-refractivity contribution in [2.24, 2.45) is 0 Å². The van der Waals surface area contributed by atoms with E-state index in [-0.39, 0.29) is 23.3 Å². The van der Waals surface area contributed by atoms with Crippen molar-refractivity contribution in [3.05, 3.63) is 66.2 Å². The Morgan fingerprint density at radius 3 is 2.63 bits per heavy atom. The topological polar surface area (TPSA) is 149 Å². The molecule has 38 heavy (non-hydrogen) atoms. The summed E-state index contributed by atoms with van der Waals surface area (Å²) in [7, 11) is 0. The van der Waals surface area contributed by atoms with E-state index < -0.39 is 23.3 Å². The van der Waals surface area contributed by atoms with Gasteiger partial charge in [0.15, 0.2) is 0 Å². The van der Waals surface area contributed by atoms with Crippen LogP contribution in [0.2, 0.25) is 0 Å². The number of aromatic nitrogens is 3. The predicted molar refractivity (Wildman–Crippen MR) is 141 cm³/mol. The summed E-state index contributed by atoms with van der Waals surface area (Å²) in [4.78, 5) is 64.2. The first-order valence-electron chi connectivity index (χ1n) is 12.1. The van der Waals surface area contributed by atoms with Crippen LogP contribution in [0.15, 0.2) is 71.1 Å². The predicted octanol–water partition coefficient (Wildman–Crippen LogP) is 1.64. The number of likely N-dealkylation sites (tertiary alicyclic amines) is 1. The number of thioether (sulfide) groups is 2. The first kappa shape index (κ1) is 26.0. The first-order chi connectivity index (χ1) is 18.4. The van der Waals surface area contributed by atoms with E-state index in [0.717, 1.165) is 17.7 Å². The third kappa shape index (κ3) is 5.63. The molecule has 0 bridgehead atoms. The minimum Gasteiger partial charge on any atom is -0.477 e. The van der Waals surface area contributed by atoms with Gasteiger partial charge in [0, 0.05) is 53.6 Å². The summed E-state index contributed by atoms with van der Waals surface area (Å²) in [6.07, 6.45) is 12.7. The van der Waals surface area contributed by atoms with Crippen LogP contribution in [0.1, 0.15) is 19.3 Å². The molecule has 6 rings (SSSR count). The molecule has 11 nitrogen and oxygen atoms in total. The number of carboxylic acid groups (broad SMARTS) is 1. The van der Waals surface area contributed by atoms with Crippen LogP contribution in [0.25, 0.3) is 0 Å². The Morgan fingerprint density at radius 2 is 2.00 bits per heavy atom. The van der Waals surface area contributed by atoms with Crippen molar-refractivity contribution in [3.63, 3.8) is 0 Å². The number of carbonyl (C=O) groups is 4. The van der Waals surface area contributed by atoms with Gasteiger partial charge >= 0.3 is 5.97 Å². The monoisotopic (exact) mass is 554 g/mol. The van der Waals surface area contributed by atoms with E-state index in [1.807, 2.05) is 4.90 Å². The second kappa shape index (κ2) is 11.4. The Hall–Kier alpha value is -3.58.